The van der Waals surface area contributed by atoms with Crippen molar-refractivity contribution in [1.82, 2.24) is 15.3 Å². The number of carbonyl (C=O) groups is 1. The number of aromatic amines is 1. The van der Waals surface area contributed by atoms with Gasteiger partial charge in [-0.2, -0.15) is 0 Å². The molecule has 0 atom stereocenters. The largest absolute Gasteiger partial charge is 0.352 e. The van der Waals surface area contributed by atoms with Gasteiger partial charge in [-0.05, 0) is 31.0 Å². The van der Waals surface area contributed by atoms with Crippen molar-refractivity contribution in [2.75, 3.05) is 6.54 Å². The van der Waals surface area contributed by atoms with Crippen LogP contribution in [0.1, 0.15) is 27.2 Å². The van der Waals surface area contributed by atoms with Gasteiger partial charge in [-0.25, -0.2) is 4.98 Å². The summed E-state index contributed by atoms with van der Waals surface area (Å²) in [5, 5.41) is 2.92. The maximum absolute atomic E-state index is 12.0. The van der Waals surface area contributed by atoms with Crippen molar-refractivity contribution in [3.63, 3.8) is 0 Å². The SMILES string of the molecule is Cc1cccc(C(=O)NCCc2cnc[nH]2)c1C. The van der Waals surface area contributed by atoms with Crippen LogP contribution in [0.3, 0.4) is 0 Å². The van der Waals surface area contributed by atoms with Crippen molar-refractivity contribution in [1.29, 1.82) is 0 Å². The maximum atomic E-state index is 12.0. The first kappa shape index (κ1) is 12.4. The van der Waals surface area contributed by atoms with Crippen molar-refractivity contribution in [3.8, 4) is 0 Å². The van der Waals surface area contributed by atoms with Gasteiger partial charge in [0.25, 0.3) is 5.91 Å². The third-order valence-corrected chi connectivity index (χ3v) is 3.08. The summed E-state index contributed by atoms with van der Waals surface area (Å²) in [7, 11) is 0. The van der Waals surface area contributed by atoms with Crippen LogP contribution in [0.25, 0.3) is 0 Å². The molecule has 0 radical (unpaired) electrons. The molecule has 1 aromatic heterocycles. The molecule has 0 aliphatic carbocycles. The van der Waals surface area contributed by atoms with Crippen LogP contribution in [0.2, 0.25) is 0 Å². The molecule has 0 aliphatic heterocycles. The predicted molar refractivity (Wildman–Crippen MR) is 70.5 cm³/mol. The molecule has 2 N–H and O–H groups in total. The lowest BCUT2D eigenvalue weighted by Gasteiger charge is -2.09. The molecule has 4 nitrogen and oxygen atoms in total. The number of H-pyrrole nitrogens is 1. The molecule has 0 bridgehead atoms. The van der Waals surface area contributed by atoms with E-state index < -0.39 is 0 Å². The summed E-state index contributed by atoms with van der Waals surface area (Å²) in [4.78, 5) is 19.0. The summed E-state index contributed by atoms with van der Waals surface area (Å²) in [6.45, 7) is 4.59. The Morgan fingerprint density at radius 3 is 2.94 bits per heavy atom. The fraction of sp³-hybridized carbons (Fsp3) is 0.286. The quantitative estimate of drug-likeness (QED) is 0.863. The molecule has 0 fully saturated rings. The van der Waals surface area contributed by atoms with Crippen LogP contribution >= 0.6 is 0 Å². The van der Waals surface area contributed by atoms with Crippen molar-refractivity contribution in [3.05, 3.63) is 53.1 Å². The Morgan fingerprint density at radius 2 is 2.22 bits per heavy atom. The molecule has 1 aromatic carbocycles. The average Bonchev–Trinajstić information content (AvgIpc) is 2.85. The molecular formula is C14H17N3O. The average molecular weight is 243 g/mol. The highest BCUT2D eigenvalue weighted by Crippen LogP contribution is 2.12. The maximum Gasteiger partial charge on any atom is 0.251 e. The third kappa shape index (κ3) is 2.77. The number of imidazole rings is 1. The third-order valence-electron chi connectivity index (χ3n) is 3.08. The van der Waals surface area contributed by atoms with E-state index in [1.807, 2.05) is 32.0 Å². The normalized spacial score (nSPS) is 10.3. The van der Waals surface area contributed by atoms with Gasteiger partial charge in [-0.3, -0.25) is 4.79 Å². The number of hydrogen-bond donors (Lipinski definition) is 2. The number of nitrogens with zero attached hydrogens (tertiary/aromatic N) is 1. The molecule has 0 aliphatic rings. The highest BCUT2D eigenvalue weighted by molar-refractivity contribution is 5.95. The van der Waals surface area contributed by atoms with E-state index in [0.29, 0.717) is 6.54 Å². The van der Waals surface area contributed by atoms with Crippen LogP contribution in [0, 0.1) is 13.8 Å². The first-order valence-corrected chi connectivity index (χ1v) is 6.00. The number of nitrogens with one attached hydrogen (secondary N) is 2. The van der Waals surface area contributed by atoms with Crippen LogP contribution in [0.15, 0.2) is 30.7 Å². The lowest BCUT2D eigenvalue weighted by molar-refractivity contribution is 0.0953. The van der Waals surface area contributed by atoms with Gasteiger partial charge >= 0.3 is 0 Å². The minimum atomic E-state index is -0.0179. The van der Waals surface area contributed by atoms with Gasteiger partial charge in [0.2, 0.25) is 0 Å². The lowest BCUT2D eigenvalue weighted by atomic mass is 10.0. The molecule has 2 rings (SSSR count). The minimum absolute atomic E-state index is 0.0179. The molecule has 0 saturated heterocycles. The van der Waals surface area contributed by atoms with Crippen molar-refractivity contribution < 1.29 is 4.79 Å². The van der Waals surface area contributed by atoms with Crippen LogP contribution < -0.4 is 5.32 Å². The first-order valence-electron chi connectivity index (χ1n) is 6.00. The number of hydrogen-bond acceptors (Lipinski definition) is 2. The van der Waals surface area contributed by atoms with Crippen LogP contribution in [-0.4, -0.2) is 22.4 Å². The molecule has 0 spiro atoms. The van der Waals surface area contributed by atoms with Gasteiger partial charge in [-0.1, -0.05) is 12.1 Å². The van der Waals surface area contributed by atoms with E-state index in [4.69, 9.17) is 0 Å². The summed E-state index contributed by atoms with van der Waals surface area (Å²) >= 11 is 0. The molecule has 2 aromatic rings. The Kier molecular flexibility index (Phi) is 3.77. The zero-order valence-electron chi connectivity index (χ0n) is 10.7. The van der Waals surface area contributed by atoms with Crippen molar-refractivity contribution in [2.24, 2.45) is 0 Å². The van der Waals surface area contributed by atoms with Gasteiger partial charge in [-0.15, -0.1) is 0 Å². The minimum Gasteiger partial charge on any atom is -0.352 e. The molecule has 0 saturated carbocycles. The summed E-state index contributed by atoms with van der Waals surface area (Å²) < 4.78 is 0. The molecule has 94 valence electrons. The second-order valence-electron chi connectivity index (χ2n) is 4.33. The van der Waals surface area contributed by atoms with Crippen molar-refractivity contribution >= 4 is 5.91 Å². The number of aryl methyl sites for hydroxylation is 1. The molecule has 1 heterocycles. The number of aromatic nitrogens is 2. The molecular weight excluding hydrogens is 226 g/mol. The Balaban J connectivity index is 1.93. The second kappa shape index (κ2) is 5.49. The van der Waals surface area contributed by atoms with Gasteiger partial charge in [0.15, 0.2) is 0 Å². The monoisotopic (exact) mass is 243 g/mol. The zero-order valence-corrected chi connectivity index (χ0v) is 10.7. The Hall–Kier alpha value is -2.10. The Morgan fingerprint density at radius 1 is 1.39 bits per heavy atom. The predicted octanol–water partition coefficient (Wildman–Crippen LogP) is 2.00. The highest BCUT2D eigenvalue weighted by atomic mass is 16.1. The summed E-state index contributed by atoms with van der Waals surface area (Å²) in [5.74, 6) is -0.0179. The smallest absolute Gasteiger partial charge is 0.251 e. The fourth-order valence-electron chi connectivity index (χ4n) is 1.82. The molecule has 18 heavy (non-hydrogen) atoms. The van der Waals surface area contributed by atoms with E-state index in [9.17, 15) is 4.79 Å². The highest BCUT2D eigenvalue weighted by Gasteiger charge is 2.09. The van der Waals surface area contributed by atoms with Gasteiger partial charge in [0, 0.05) is 30.4 Å². The summed E-state index contributed by atoms with van der Waals surface area (Å²) in [6.07, 6.45) is 4.17. The van der Waals surface area contributed by atoms with E-state index in [0.717, 1.165) is 28.8 Å². The fourth-order valence-corrected chi connectivity index (χ4v) is 1.82. The van der Waals surface area contributed by atoms with E-state index in [1.54, 1.807) is 12.5 Å². The van der Waals surface area contributed by atoms with E-state index in [2.05, 4.69) is 15.3 Å². The van der Waals surface area contributed by atoms with Crippen molar-refractivity contribution in [2.45, 2.75) is 20.3 Å². The van der Waals surface area contributed by atoms with Crippen LogP contribution in [-0.2, 0) is 6.42 Å². The Labute approximate surface area is 106 Å². The number of benzene rings is 1. The Bertz CT molecular complexity index is 532. The van der Waals surface area contributed by atoms with Gasteiger partial charge in [0.1, 0.15) is 0 Å². The van der Waals surface area contributed by atoms with E-state index in [-0.39, 0.29) is 5.91 Å². The van der Waals surface area contributed by atoms with E-state index in [1.165, 1.54) is 0 Å². The standard InChI is InChI=1S/C14H17N3O/c1-10-4-3-5-13(11(10)2)14(18)16-7-6-12-8-15-9-17-12/h3-5,8-9H,6-7H2,1-2H3,(H,15,17)(H,16,18). The zero-order chi connectivity index (χ0) is 13.0. The van der Waals surface area contributed by atoms with Crippen LogP contribution in [0.5, 0.6) is 0 Å². The second-order valence-corrected chi connectivity index (χ2v) is 4.33. The van der Waals surface area contributed by atoms with Gasteiger partial charge < -0.3 is 10.3 Å². The van der Waals surface area contributed by atoms with Crippen LogP contribution in [0.4, 0.5) is 0 Å². The lowest BCUT2D eigenvalue weighted by Crippen LogP contribution is -2.26. The number of rotatable bonds is 4. The number of amides is 1. The summed E-state index contributed by atoms with van der Waals surface area (Å²) in [5.41, 5.74) is 3.95. The van der Waals surface area contributed by atoms with Gasteiger partial charge in [0.05, 0.1) is 6.33 Å². The molecule has 1 amide bonds. The molecule has 0 unspecified atom stereocenters. The first-order chi connectivity index (χ1) is 8.68. The molecule has 4 heteroatoms. The van der Waals surface area contributed by atoms with E-state index >= 15 is 0 Å². The summed E-state index contributed by atoms with van der Waals surface area (Å²) in [6, 6.07) is 5.77. The number of carbonyl (C=O) groups excluding carboxylic acids is 1. The topological polar surface area (TPSA) is 57.8 Å².